The minimum atomic E-state index is -0.588. The van der Waals surface area contributed by atoms with Gasteiger partial charge in [0.25, 0.3) is 5.91 Å². The second-order valence-corrected chi connectivity index (χ2v) is 8.72. The Morgan fingerprint density at radius 3 is 2.61 bits per heavy atom. The fourth-order valence-electron chi connectivity index (χ4n) is 4.59. The number of rotatable bonds is 6. The summed E-state index contributed by atoms with van der Waals surface area (Å²) in [6.45, 7) is 2.48. The van der Waals surface area contributed by atoms with Crippen LogP contribution in [-0.2, 0) is 9.59 Å². The number of nitrogens with one attached hydrogen (secondary N) is 3. The molecule has 1 aromatic carbocycles. The van der Waals surface area contributed by atoms with Gasteiger partial charge in [-0.15, -0.1) is 0 Å². The van der Waals surface area contributed by atoms with Crippen LogP contribution in [0.3, 0.4) is 0 Å². The highest BCUT2D eigenvalue weighted by Gasteiger charge is 2.69. The van der Waals surface area contributed by atoms with Gasteiger partial charge in [0.2, 0.25) is 5.91 Å². The number of amides is 2. The van der Waals surface area contributed by atoms with E-state index in [2.05, 4.69) is 16.1 Å². The van der Waals surface area contributed by atoms with Crippen LogP contribution >= 0.6 is 11.6 Å². The van der Waals surface area contributed by atoms with Crippen molar-refractivity contribution in [3.63, 3.8) is 0 Å². The van der Waals surface area contributed by atoms with Gasteiger partial charge in [0.1, 0.15) is 11.6 Å². The molecule has 0 spiro atoms. The van der Waals surface area contributed by atoms with Crippen molar-refractivity contribution >= 4 is 23.4 Å². The normalized spacial score (nSPS) is 33.6. The predicted octanol–water partition coefficient (Wildman–Crippen LogP) is 1.22. The second kappa shape index (κ2) is 6.86. The summed E-state index contributed by atoms with van der Waals surface area (Å²) in [6.07, 6.45) is 2.20. The molecule has 1 saturated heterocycles. The smallest absolute Gasteiger partial charge is 0.258 e. The molecular formula is C19H24ClFN4O3. The van der Waals surface area contributed by atoms with Gasteiger partial charge in [-0.3, -0.25) is 15.0 Å². The van der Waals surface area contributed by atoms with Crippen LogP contribution in [0.5, 0.6) is 5.75 Å². The van der Waals surface area contributed by atoms with Gasteiger partial charge in [0.05, 0.1) is 10.9 Å². The summed E-state index contributed by atoms with van der Waals surface area (Å²) in [4.78, 5) is 24.7. The molecule has 7 nitrogen and oxygen atoms in total. The molecule has 0 aromatic heterocycles. The Hall–Kier alpha value is -1.90. The molecule has 2 amide bonds. The topological polar surface area (TPSA) is 82.7 Å². The third kappa shape index (κ3) is 3.44. The molecule has 3 saturated carbocycles. The highest BCUT2D eigenvalue weighted by molar-refractivity contribution is 6.30. The third-order valence-corrected chi connectivity index (χ3v) is 6.48. The molecule has 2 unspecified atom stereocenters. The number of hydrogen-bond donors (Lipinski definition) is 3. The zero-order chi connectivity index (χ0) is 20.1. The van der Waals surface area contributed by atoms with Crippen LogP contribution in [0.15, 0.2) is 18.2 Å². The Morgan fingerprint density at radius 2 is 2.00 bits per heavy atom. The average molecular weight is 411 g/mol. The highest BCUT2D eigenvalue weighted by Crippen LogP contribution is 2.60. The van der Waals surface area contributed by atoms with E-state index >= 15 is 0 Å². The average Bonchev–Trinajstić information content (AvgIpc) is 2.92. The SMILES string of the molecule is CC1C(C(=O)NC23CC(NC(=O)COc4ccc(Cl)c(F)c4)(C2)C3)CNN1C. The molecule has 1 heterocycles. The number of carbonyl (C=O) groups excluding carboxylic acids is 2. The van der Waals surface area contributed by atoms with Crippen LogP contribution in [-0.4, -0.2) is 54.1 Å². The predicted molar refractivity (Wildman–Crippen MR) is 101 cm³/mol. The van der Waals surface area contributed by atoms with E-state index in [0.29, 0.717) is 6.54 Å². The van der Waals surface area contributed by atoms with Gasteiger partial charge in [-0.2, -0.15) is 0 Å². The van der Waals surface area contributed by atoms with Crippen molar-refractivity contribution in [3.05, 3.63) is 29.0 Å². The van der Waals surface area contributed by atoms with Crippen molar-refractivity contribution < 1.29 is 18.7 Å². The summed E-state index contributed by atoms with van der Waals surface area (Å²) >= 11 is 5.62. The molecule has 9 heteroatoms. The molecule has 3 N–H and O–H groups in total. The molecule has 3 aliphatic carbocycles. The first kappa shape index (κ1) is 19.4. The Kier molecular flexibility index (Phi) is 4.76. The number of ether oxygens (including phenoxy) is 1. The van der Waals surface area contributed by atoms with Crippen molar-refractivity contribution in [2.45, 2.75) is 43.3 Å². The summed E-state index contributed by atoms with van der Waals surface area (Å²) in [7, 11) is 1.93. The second-order valence-electron chi connectivity index (χ2n) is 8.31. The number of benzene rings is 1. The molecule has 28 heavy (non-hydrogen) atoms. The third-order valence-electron chi connectivity index (χ3n) is 6.17. The first-order valence-electron chi connectivity index (χ1n) is 9.38. The lowest BCUT2D eigenvalue weighted by atomic mass is 9.44. The molecule has 1 aliphatic heterocycles. The zero-order valence-electron chi connectivity index (χ0n) is 15.9. The largest absolute Gasteiger partial charge is 0.484 e. The van der Waals surface area contributed by atoms with E-state index < -0.39 is 5.82 Å². The van der Waals surface area contributed by atoms with Crippen LogP contribution in [0, 0.1) is 11.7 Å². The van der Waals surface area contributed by atoms with Crippen molar-refractivity contribution in [1.82, 2.24) is 21.1 Å². The Labute approximate surface area is 167 Å². The van der Waals surface area contributed by atoms with Gasteiger partial charge in [-0.1, -0.05) is 11.6 Å². The summed E-state index contributed by atoms with van der Waals surface area (Å²) < 4.78 is 18.7. The zero-order valence-corrected chi connectivity index (χ0v) is 16.6. The van der Waals surface area contributed by atoms with Crippen molar-refractivity contribution in [2.75, 3.05) is 20.2 Å². The van der Waals surface area contributed by atoms with Crippen molar-refractivity contribution in [3.8, 4) is 5.75 Å². The first-order valence-corrected chi connectivity index (χ1v) is 9.76. The van der Waals surface area contributed by atoms with Gasteiger partial charge in [0.15, 0.2) is 6.61 Å². The number of halogens is 2. The number of nitrogens with zero attached hydrogens (tertiary/aromatic N) is 1. The maximum absolute atomic E-state index is 13.4. The Morgan fingerprint density at radius 1 is 1.32 bits per heavy atom. The van der Waals surface area contributed by atoms with E-state index in [1.807, 2.05) is 19.0 Å². The monoisotopic (exact) mass is 410 g/mol. The van der Waals surface area contributed by atoms with E-state index in [4.69, 9.17) is 16.3 Å². The van der Waals surface area contributed by atoms with Crippen molar-refractivity contribution in [2.24, 2.45) is 5.92 Å². The maximum Gasteiger partial charge on any atom is 0.258 e. The molecule has 2 bridgehead atoms. The standard InChI is InChI=1S/C19H24ClFN4O3/c1-11-13(6-22-25(11)2)17(27)24-19-8-18(9-19,10-19)23-16(26)7-28-12-3-4-14(20)15(21)5-12/h3-5,11,13,22H,6-10H2,1-2H3,(H,23,26)(H,24,27). The minimum absolute atomic E-state index is 0.00689. The molecular weight excluding hydrogens is 387 g/mol. The van der Waals surface area contributed by atoms with E-state index in [0.717, 1.165) is 25.3 Å². The Bertz CT molecular complexity index is 801. The fourth-order valence-corrected chi connectivity index (χ4v) is 4.71. The maximum atomic E-state index is 13.4. The van der Waals surface area contributed by atoms with Crippen LogP contribution in [0.25, 0.3) is 0 Å². The highest BCUT2D eigenvalue weighted by atomic mass is 35.5. The summed E-state index contributed by atoms with van der Waals surface area (Å²) in [5.74, 6) is -0.600. The molecule has 152 valence electrons. The van der Waals surface area contributed by atoms with Crippen LogP contribution in [0.4, 0.5) is 4.39 Å². The lowest BCUT2D eigenvalue weighted by Gasteiger charge is -2.70. The number of hydrazine groups is 1. The number of hydrogen-bond acceptors (Lipinski definition) is 5. The van der Waals surface area contributed by atoms with Gasteiger partial charge in [-0.25, -0.2) is 9.40 Å². The van der Waals surface area contributed by atoms with E-state index in [9.17, 15) is 14.0 Å². The fraction of sp³-hybridized carbons (Fsp3) is 0.579. The number of carbonyl (C=O) groups is 2. The van der Waals surface area contributed by atoms with E-state index in [1.54, 1.807) is 0 Å². The van der Waals surface area contributed by atoms with Crippen LogP contribution in [0.2, 0.25) is 5.02 Å². The van der Waals surface area contributed by atoms with E-state index in [-0.39, 0.29) is 52.2 Å². The van der Waals surface area contributed by atoms with Gasteiger partial charge >= 0.3 is 0 Å². The lowest BCUT2D eigenvalue weighted by molar-refractivity contribution is -0.152. The molecule has 5 rings (SSSR count). The minimum Gasteiger partial charge on any atom is -0.484 e. The van der Waals surface area contributed by atoms with Gasteiger partial charge in [0, 0.05) is 36.8 Å². The molecule has 2 atom stereocenters. The first-order chi connectivity index (χ1) is 13.2. The summed E-state index contributed by atoms with van der Waals surface area (Å²) in [6, 6.07) is 4.20. The molecule has 1 aromatic rings. The summed E-state index contributed by atoms with van der Waals surface area (Å²) in [5.41, 5.74) is 2.73. The van der Waals surface area contributed by atoms with Gasteiger partial charge < -0.3 is 15.4 Å². The van der Waals surface area contributed by atoms with E-state index in [1.165, 1.54) is 12.1 Å². The molecule has 4 fully saturated rings. The molecule has 0 radical (unpaired) electrons. The van der Waals surface area contributed by atoms with Crippen LogP contribution in [0.1, 0.15) is 26.2 Å². The lowest BCUT2D eigenvalue weighted by Crippen LogP contribution is -2.84. The summed E-state index contributed by atoms with van der Waals surface area (Å²) in [5, 5.41) is 8.13. The van der Waals surface area contributed by atoms with Gasteiger partial charge in [-0.05, 0) is 38.3 Å². The quantitative estimate of drug-likeness (QED) is 0.657. The Balaban J connectivity index is 1.21. The van der Waals surface area contributed by atoms with Crippen LogP contribution < -0.4 is 20.8 Å². The molecule has 4 aliphatic rings. The van der Waals surface area contributed by atoms with Crippen molar-refractivity contribution in [1.29, 1.82) is 0 Å².